The first-order chi connectivity index (χ1) is 14.7. The van der Waals surface area contributed by atoms with Crippen molar-refractivity contribution in [2.75, 3.05) is 17.8 Å². The van der Waals surface area contributed by atoms with Crippen LogP contribution < -0.4 is 4.72 Å². The molecule has 0 spiro atoms. The zero-order valence-electron chi connectivity index (χ0n) is 16.7. The van der Waals surface area contributed by atoms with Crippen molar-refractivity contribution in [1.82, 2.24) is 9.88 Å². The SMILES string of the molecule is O=S(=O)(Nc1cccc2ccc(CN3CCCCC3)nc12)c1ccc(C(F)(F)F)cc1. The van der Waals surface area contributed by atoms with Gasteiger partial charge in [0.1, 0.15) is 0 Å². The van der Waals surface area contributed by atoms with E-state index in [-0.39, 0.29) is 10.6 Å². The Morgan fingerprint density at radius 3 is 2.32 bits per heavy atom. The lowest BCUT2D eigenvalue weighted by Crippen LogP contribution is -2.29. The Balaban J connectivity index is 1.61. The lowest BCUT2D eigenvalue weighted by Gasteiger charge is -2.26. The number of benzene rings is 2. The summed E-state index contributed by atoms with van der Waals surface area (Å²) in [6, 6.07) is 12.4. The molecule has 1 fully saturated rings. The molecule has 1 saturated heterocycles. The summed E-state index contributed by atoms with van der Waals surface area (Å²) >= 11 is 0. The van der Waals surface area contributed by atoms with Crippen LogP contribution >= 0.6 is 0 Å². The first-order valence-electron chi connectivity index (χ1n) is 10.0. The second kappa shape index (κ2) is 8.47. The average molecular weight is 449 g/mol. The number of alkyl halides is 3. The van der Waals surface area contributed by atoms with Gasteiger partial charge in [-0.2, -0.15) is 13.2 Å². The third-order valence-corrected chi connectivity index (χ3v) is 6.73. The normalized spacial score (nSPS) is 15.8. The van der Waals surface area contributed by atoms with Crippen molar-refractivity contribution >= 4 is 26.6 Å². The van der Waals surface area contributed by atoms with Crippen LogP contribution in [0, 0.1) is 0 Å². The van der Waals surface area contributed by atoms with Gasteiger partial charge in [-0.1, -0.05) is 24.6 Å². The summed E-state index contributed by atoms with van der Waals surface area (Å²) in [6.45, 7) is 2.72. The number of para-hydroxylation sites is 1. The highest BCUT2D eigenvalue weighted by molar-refractivity contribution is 7.92. The molecule has 31 heavy (non-hydrogen) atoms. The van der Waals surface area contributed by atoms with Gasteiger partial charge in [0.15, 0.2) is 0 Å². The summed E-state index contributed by atoms with van der Waals surface area (Å²) in [7, 11) is -4.07. The monoisotopic (exact) mass is 449 g/mol. The maximum Gasteiger partial charge on any atom is 0.416 e. The van der Waals surface area contributed by atoms with E-state index < -0.39 is 21.8 Å². The molecule has 2 aromatic carbocycles. The van der Waals surface area contributed by atoms with Gasteiger partial charge in [0.05, 0.1) is 27.4 Å². The quantitative estimate of drug-likeness (QED) is 0.593. The third-order valence-electron chi connectivity index (χ3n) is 5.35. The minimum absolute atomic E-state index is 0.248. The molecule has 0 saturated carbocycles. The van der Waals surface area contributed by atoms with Crippen LogP contribution in [0.15, 0.2) is 59.5 Å². The molecule has 1 N–H and O–H groups in total. The summed E-state index contributed by atoms with van der Waals surface area (Å²) in [4.78, 5) is 6.75. The highest BCUT2D eigenvalue weighted by Gasteiger charge is 2.30. The predicted octanol–water partition coefficient (Wildman–Crippen LogP) is 5.04. The Hall–Kier alpha value is -2.65. The van der Waals surface area contributed by atoms with E-state index in [1.165, 1.54) is 6.42 Å². The van der Waals surface area contributed by atoms with Crippen molar-refractivity contribution < 1.29 is 21.6 Å². The molecule has 3 aromatic rings. The minimum Gasteiger partial charge on any atom is -0.298 e. The van der Waals surface area contributed by atoms with Gasteiger partial charge in [0, 0.05) is 11.9 Å². The van der Waals surface area contributed by atoms with Crippen LogP contribution in [0.25, 0.3) is 10.9 Å². The van der Waals surface area contributed by atoms with E-state index in [4.69, 9.17) is 0 Å². The number of sulfonamides is 1. The Kier molecular flexibility index (Phi) is 5.90. The molecule has 1 aromatic heterocycles. The first kappa shape index (κ1) is 21.6. The van der Waals surface area contributed by atoms with Crippen molar-refractivity contribution in [3.63, 3.8) is 0 Å². The van der Waals surface area contributed by atoms with Gasteiger partial charge in [0.25, 0.3) is 10.0 Å². The molecule has 1 aliphatic heterocycles. The van der Waals surface area contributed by atoms with Crippen LogP contribution in [-0.2, 0) is 22.7 Å². The van der Waals surface area contributed by atoms with Crippen molar-refractivity contribution in [2.45, 2.75) is 36.9 Å². The number of aromatic nitrogens is 1. The topological polar surface area (TPSA) is 62.3 Å². The van der Waals surface area contributed by atoms with Gasteiger partial charge in [0.2, 0.25) is 0 Å². The van der Waals surface area contributed by atoms with Gasteiger partial charge in [-0.15, -0.1) is 0 Å². The van der Waals surface area contributed by atoms with Gasteiger partial charge in [-0.3, -0.25) is 9.62 Å². The Morgan fingerprint density at radius 1 is 0.935 bits per heavy atom. The highest BCUT2D eigenvalue weighted by atomic mass is 32.2. The van der Waals surface area contributed by atoms with E-state index in [1.807, 2.05) is 18.2 Å². The van der Waals surface area contributed by atoms with Gasteiger partial charge < -0.3 is 0 Å². The largest absolute Gasteiger partial charge is 0.416 e. The molecule has 1 aliphatic rings. The molecule has 0 aliphatic carbocycles. The summed E-state index contributed by atoms with van der Waals surface area (Å²) in [5.74, 6) is 0. The fourth-order valence-corrected chi connectivity index (χ4v) is 4.80. The third kappa shape index (κ3) is 4.99. The molecular weight excluding hydrogens is 427 g/mol. The van der Waals surface area contributed by atoms with Crippen LogP contribution in [0.3, 0.4) is 0 Å². The van der Waals surface area contributed by atoms with Crippen LogP contribution in [0.1, 0.15) is 30.5 Å². The van der Waals surface area contributed by atoms with E-state index in [0.29, 0.717) is 12.1 Å². The number of rotatable bonds is 5. The van der Waals surface area contributed by atoms with E-state index >= 15 is 0 Å². The molecule has 0 radical (unpaired) electrons. The average Bonchev–Trinajstić information content (AvgIpc) is 2.74. The smallest absolute Gasteiger partial charge is 0.298 e. The minimum atomic E-state index is -4.53. The fourth-order valence-electron chi connectivity index (χ4n) is 3.73. The molecule has 4 rings (SSSR count). The summed E-state index contributed by atoms with van der Waals surface area (Å²) < 4.78 is 66.3. The maximum atomic E-state index is 12.8. The number of pyridine rings is 1. The number of hydrogen-bond acceptors (Lipinski definition) is 4. The molecule has 0 unspecified atom stereocenters. The molecule has 2 heterocycles. The summed E-state index contributed by atoms with van der Waals surface area (Å²) in [5.41, 5.74) is 0.738. The molecule has 164 valence electrons. The molecule has 0 amide bonds. The second-order valence-corrected chi connectivity index (χ2v) is 9.33. The lowest BCUT2D eigenvalue weighted by atomic mass is 10.1. The van der Waals surface area contributed by atoms with Crippen molar-refractivity contribution in [3.05, 3.63) is 65.9 Å². The van der Waals surface area contributed by atoms with Crippen molar-refractivity contribution in [2.24, 2.45) is 0 Å². The second-order valence-electron chi connectivity index (χ2n) is 7.64. The number of fused-ring (bicyclic) bond motifs is 1. The van der Waals surface area contributed by atoms with E-state index in [1.54, 1.807) is 12.1 Å². The van der Waals surface area contributed by atoms with Crippen LogP contribution in [0.2, 0.25) is 0 Å². The molecular formula is C22H22F3N3O2S. The van der Waals surface area contributed by atoms with E-state index in [9.17, 15) is 21.6 Å². The predicted molar refractivity (Wildman–Crippen MR) is 113 cm³/mol. The standard InChI is InChI=1S/C22H22F3N3O2S/c23-22(24,25)17-8-11-19(12-9-17)31(29,30)27-20-6-4-5-16-7-10-18(26-21(16)20)15-28-13-2-1-3-14-28/h4-12,27H,1-3,13-15H2. The Bertz CT molecular complexity index is 1170. The Morgan fingerprint density at radius 2 is 1.65 bits per heavy atom. The van der Waals surface area contributed by atoms with Crippen LogP contribution in [0.4, 0.5) is 18.9 Å². The molecule has 0 atom stereocenters. The molecule has 0 bridgehead atoms. The number of nitrogens with one attached hydrogen (secondary N) is 1. The first-order valence-corrected chi connectivity index (χ1v) is 11.5. The molecule has 5 nitrogen and oxygen atoms in total. The number of hydrogen-bond donors (Lipinski definition) is 1. The Labute approximate surface area is 179 Å². The van der Waals surface area contributed by atoms with Gasteiger partial charge >= 0.3 is 6.18 Å². The van der Waals surface area contributed by atoms with Crippen molar-refractivity contribution in [1.29, 1.82) is 0 Å². The summed E-state index contributed by atoms with van der Waals surface area (Å²) in [6.07, 6.45) is -0.977. The van der Waals surface area contributed by atoms with Crippen LogP contribution in [0.5, 0.6) is 0 Å². The number of anilines is 1. The zero-order valence-corrected chi connectivity index (χ0v) is 17.5. The van der Waals surface area contributed by atoms with E-state index in [0.717, 1.165) is 61.3 Å². The van der Waals surface area contributed by atoms with Crippen molar-refractivity contribution in [3.8, 4) is 0 Å². The number of likely N-dealkylation sites (tertiary alicyclic amines) is 1. The molecule has 9 heteroatoms. The number of piperidine rings is 1. The van der Waals surface area contributed by atoms with Gasteiger partial charge in [-0.25, -0.2) is 13.4 Å². The fraction of sp³-hybridized carbons (Fsp3) is 0.318. The highest BCUT2D eigenvalue weighted by Crippen LogP contribution is 2.30. The zero-order chi connectivity index (χ0) is 22.1. The number of nitrogens with zero attached hydrogens (tertiary/aromatic N) is 2. The lowest BCUT2D eigenvalue weighted by molar-refractivity contribution is -0.137. The van der Waals surface area contributed by atoms with E-state index in [2.05, 4.69) is 14.6 Å². The summed E-state index contributed by atoms with van der Waals surface area (Å²) in [5, 5.41) is 0.773. The number of halogens is 3. The maximum absolute atomic E-state index is 12.8. The van der Waals surface area contributed by atoms with Crippen LogP contribution in [-0.4, -0.2) is 31.4 Å². The van der Waals surface area contributed by atoms with Gasteiger partial charge in [-0.05, 0) is 62.3 Å².